The number of ether oxygens (including phenoxy) is 2. The Kier molecular flexibility index (Phi) is 6.10. The van der Waals surface area contributed by atoms with E-state index in [0.717, 1.165) is 5.56 Å². The van der Waals surface area contributed by atoms with E-state index in [-0.39, 0.29) is 16.7 Å². The predicted octanol–water partition coefficient (Wildman–Crippen LogP) is 3.79. The van der Waals surface area contributed by atoms with E-state index in [2.05, 4.69) is 4.72 Å². The van der Waals surface area contributed by atoms with Gasteiger partial charge in [0.05, 0.1) is 14.2 Å². The molecule has 2 aromatic carbocycles. The number of methoxy groups -OCH3 is 2. The zero-order chi connectivity index (χ0) is 17.7. The van der Waals surface area contributed by atoms with Gasteiger partial charge in [-0.1, -0.05) is 30.7 Å². The Morgan fingerprint density at radius 3 is 2.29 bits per heavy atom. The molecule has 24 heavy (non-hydrogen) atoms. The van der Waals surface area contributed by atoms with Crippen molar-refractivity contribution in [2.45, 2.75) is 24.3 Å². The molecule has 0 aliphatic carbocycles. The average Bonchev–Trinajstić information content (AvgIpc) is 2.59. The molecular weight excluding hydrogens is 350 g/mol. The molecule has 0 aromatic heterocycles. The van der Waals surface area contributed by atoms with Crippen molar-refractivity contribution in [3.8, 4) is 11.5 Å². The van der Waals surface area contributed by atoms with Crippen LogP contribution in [0.15, 0.2) is 47.4 Å². The van der Waals surface area contributed by atoms with Crippen LogP contribution in [0.4, 0.5) is 0 Å². The molecule has 5 nitrogen and oxygen atoms in total. The maximum atomic E-state index is 12.8. The van der Waals surface area contributed by atoms with Crippen molar-refractivity contribution in [2.75, 3.05) is 14.2 Å². The summed E-state index contributed by atoms with van der Waals surface area (Å²) in [6.07, 6.45) is 0.592. The van der Waals surface area contributed by atoms with Gasteiger partial charge in [0.15, 0.2) is 0 Å². The SMILES string of the molecule is CCC(NS(=O)(=O)c1cc(Cl)ccc1OC)c1ccc(OC)cc1. The molecule has 130 valence electrons. The van der Waals surface area contributed by atoms with Gasteiger partial charge in [0.1, 0.15) is 16.4 Å². The summed E-state index contributed by atoms with van der Waals surface area (Å²) in [4.78, 5) is 0.0180. The molecule has 0 spiro atoms. The van der Waals surface area contributed by atoms with Gasteiger partial charge in [0.25, 0.3) is 0 Å². The second-order valence-corrected chi connectivity index (χ2v) is 7.27. The fraction of sp³-hybridized carbons (Fsp3) is 0.294. The standard InChI is InChI=1S/C17H20ClNO4S/c1-4-15(12-5-8-14(22-2)9-6-12)19-24(20,21)17-11-13(18)7-10-16(17)23-3/h5-11,15,19H,4H2,1-3H3. The fourth-order valence-electron chi connectivity index (χ4n) is 2.33. The van der Waals surface area contributed by atoms with Gasteiger partial charge in [-0.3, -0.25) is 0 Å². The van der Waals surface area contributed by atoms with Crippen molar-refractivity contribution in [2.24, 2.45) is 0 Å². The van der Waals surface area contributed by atoms with E-state index < -0.39 is 10.0 Å². The molecule has 2 rings (SSSR count). The Labute approximate surface area is 147 Å². The quantitative estimate of drug-likeness (QED) is 0.806. The first-order valence-corrected chi connectivity index (χ1v) is 9.27. The Hall–Kier alpha value is -1.76. The topological polar surface area (TPSA) is 64.6 Å². The fourth-order valence-corrected chi connectivity index (χ4v) is 4.07. The van der Waals surface area contributed by atoms with E-state index in [1.807, 2.05) is 19.1 Å². The number of benzene rings is 2. The number of rotatable bonds is 7. The predicted molar refractivity (Wildman–Crippen MR) is 94.4 cm³/mol. The molecule has 0 bridgehead atoms. The summed E-state index contributed by atoms with van der Waals surface area (Å²) in [5.74, 6) is 0.962. The Bertz CT molecular complexity index is 791. The van der Waals surface area contributed by atoms with Crippen molar-refractivity contribution in [1.29, 1.82) is 0 Å². The minimum Gasteiger partial charge on any atom is -0.497 e. The van der Waals surface area contributed by atoms with Gasteiger partial charge in [-0.25, -0.2) is 13.1 Å². The Morgan fingerprint density at radius 2 is 1.75 bits per heavy atom. The van der Waals surface area contributed by atoms with Crippen molar-refractivity contribution < 1.29 is 17.9 Å². The third-order valence-electron chi connectivity index (χ3n) is 3.64. The maximum Gasteiger partial charge on any atom is 0.244 e. The van der Waals surface area contributed by atoms with Crippen LogP contribution in [0, 0.1) is 0 Å². The van der Waals surface area contributed by atoms with Gasteiger partial charge in [-0.2, -0.15) is 0 Å². The van der Waals surface area contributed by atoms with Crippen LogP contribution in [0.5, 0.6) is 11.5 Å². The van der Waals surface area contributed by atoms with Crippen LogP contribution >= 0.6 is 11.6 Å². The van der Waals surface area contributed by atoms with Crippen LogP contribution in [0.3, 0.4) is 0 Å². The monoisotopic (exact) mass is 369 g/mol. The van der Waals surface area contributed by atoms with Gasteiger partial charge in [0, 0.05) is 11.1 Å². The van der Waals surface area contributed by atoms with Crippen molar-refractivity contribution in [1.82, 2.24) is 4.72 Å². The van der Waals surface area contributed by atoms with Crippen molar-refractivity contribution >= 4 is 21.6 Å². The molecule has 0 radical (unpaired) electrons. The Morgan fingerprint density at radius 1 is 1.08 bits per heavy atom. The molecule has 1 N–H and O–H groups in total. The van der Waals surface area contributed by atoms with Crippen LogP contribution in [-0.2, 0) is 10.0 Å². The first kappa shape index (κ1) is 18.6. The van der Waals surface area contributed by atoms with Crippen LogP contribution in [-0.4, -0.2) is 22.6 Å². The number of nitrogens with one attached hydrogen (secondary N) is 1. The van der Waals surface area contributed by atoms with Crippen LogP contribution < -0.4 is 14.2 Å². The molecular formula is C17H20ClNO4S. The third kappa shape index (κ3) is 4.20. The lowest BCUT2D eigenvalue weighted by Gasteiger charge is -2.19. The molecule has 1 atom stereocenters. The number of halogens is 1. The van der Waals surface area contributed by atoms with Gasteiger partial charge >= 0.3 is 0 Å². The van der Waals surface area contributed by atoms with E-state index in [9.17, 15) is 8.42 Å². The first-order valence-electron chi connectivity index (χ1n) is 7.41. The second-order valence-electron chi connectivity index (χ2n) is 5.15. The summed E-state index contributed by atoms with van der Waals surface area (Å²) in [6.45, 7) is 1.91. The number of hydrogen-bond donors (Lipinski definition) is 1. The molecule has 7 heteroatoms. The summed E-state index contributed by atoms with van der Waals surface area (Å²) < 4.78 is 38.5. The summed E-state index contributed by atoms with van der Waals surface area (Å²) in [7, 11) is -0.788. The summed E-state index contributed by atoms with van der Waals surface area (Å²) >= 11 is 5.94. The average molecular weight is 370 g/mol. The lowest BCUT2D eigenvalue weighted by atomic mass is 10.1. The summed E-state index contributed by atoms with van der Waals surface area (Å²) in [5.41, 5.74) is 0.850. The zero-order valence-electron chi connectivity index (χ0n) is 13.7. The van der Waals surface area contributed by atoms with E-state index in [1.54, 1.807) is 25.3 Å². The van der Waals surface area contributed by atoms with Crippen LogP contribution in [0.1, 0.15) is 24.9 Å². The second kappa shape index (κ2) is 7.88. The Balaban J connectivity index is 2.33. The van der Waals surface area contributed by atoms with E-state index in [4.69, 9.17) is 21.1 Å². The molecule has 2 aromatic rings. The molecule has 0 heterocycles. The molecule has 0 amide bonds. The largest absolute Gasteiger partial charge is 0.497 e. The van der Waals surface area contributed by atoms with E-state index in [0.29, 0.717) is 17.2 Å². The van der Waals surface area contributed by atoms with Gasteiger partial charge in [-0.15, -0.1) is 0 Å². The molecule has 0 saturated carbocycles. The molecule has 0 saturated heterocycles. The molecule has 0 aliphatic heterocycles. The highest BCUT2D eigenvalue weighted by Gasteiger charge is 2.24. The molecule has 1 unspecified atom stereocenters. The smallest absolute Gasteiger partial charge is 0.244 e. The normalized spacial score (nSPS) is 12.7. The first-order chi connectivity index (χ1) is 11.4. The number of hydrogen-bond acceptors (Lipinski definition) is 4. The summed E-state index contributed by atoms with van der Waals surface area (Å²) in [6, 6.07) is 11.4. The van der Waals surface area contributed by atoms with Crippen molar-refractivity contribution in [3.63, 3.8) is 0 Å². The maximum absolute atomic E-state index is 12.8. The minimum atomic E-state index is -3.79. The van der Waals surface area contributed by atoms with Gasteiger partial charge in [0.2, 0.25) is 10.0 Å². The lowest BCUT2D eigenvalue weighted by molar-refractivity contribution is 0.402. The highest BCUT2D eigenvalue weighted by atomic mass is 35.5. The summed E-state index contributed by atoms with van der Waals surface area (Å²) in [5, 5.41) is 0.327. The minimum absolute atomic E-state index is 0.0180. The highest BCUT2D eigenvalue weighted by molar-refractivity contribution is 7.89. The van der Waals surface area contributed by atoms with E-state index in [1.165, 1.54) is 19.2 Å². The van der Waals surface area contributed by atoms with Crippen LogP contribution in [0.25, 0.3) is 0 Å². The lowest BCUT2D eigenvalue weighted by Crippen LogP contribution is -2.28. The number of sulfonamides is 1. The van der Waals surface area contributed by atoms with E-state index >= 15 is 0 Å². The van der Waals surface area contributed by atoms with Crippen molar-refractivity contribution in [3.05, 3.63) is 53.1 Å². The molecule has 0 aliphatic rings. The van der Waals surface area contributed by atoms with Crippen LogP contribution in [0.2, 0.25) is 5.02 Å². The van der Waals surface area contributed by atoms with Gasteiger partial charge < -0.3 is 9.47 Å². The third-order valence-corrected chi connectivity index (χ3v) is 5.37. The van der Waals surface area contributed by atoms with Gasteiger partial charge in [-0.05, 0) is 42.3 Å². The highest BCUT2D eigenvalue weighted by Crippen LogP contribution is 2.29. The molecule has 0 fully saturated rings. The zero-order valence-corrected chi connectivity index (χ0v) is 15.3.